The maximum atomic E-state index is 12.2. The molecule has 1 amide bonds. The molecule has 0 saturated heterocycles. The van der Waals surface area contributed by atoms with Gasteiger partial charge in [-0.1, -0.05) is 12.8 Å². The zero-order valence-corrected chi connectivity index (χ0v) is 13.4. The zero-order chi connectivity index (χ0) is 15.3. The van der Waals surface area contributed by atoms with Gasteiger partial charge in [-0.15, -0.1) is 0 Å². The number of amides is 1. The Labute approximate surface area is 121 Å². The molecule has 6 nitrogen and oxygen atoms in total. The van der Waals surface area contributed by atoms with Gasteiger partial charge in [-0.05, 0) is 12.8 Å². The van der Waals surface area contributed by atoms with Crippen LogP contribution in [-0.4, -0.2) is 63.6 Å². The molecular weight excluding hydrogens is 280 g/mol. The molecule has 3 atom stereocenters. The SMILES string of the molecule is COC(CN)CC(=O)N(C)C1CCCCC1S(C)(=O)=O. The highest BCUT2D eigenvalue weighted by Gasteiger charge is 2.37. The molecule has 7 heteroatoms. The Balaban J connectivity index is 2.77. The van der Waals surface area contributed by atoms with E-state index in [0.717, 1.165) is 19.3 Å². The predicted octanol–water partition coefficient (Wildman–Crippen LogP) is 0.164. The molecule has 1 saturated carbocycles. The zero-order valence-electron chi connectivity index (χ0n) is 12.5. The summed E-state index contributed by atoms with van der Waals surface area (Å²) in [7, 11) is 0.0559. The second-order valence-corrected chi connectivity index (χ2v) is 7.79. The second-order valence-electron chi connectivity index (χ2n) is 5.52. The van der Waals surface area contributed by atoms with E-state index in [4.69, 9.17) is 10.5 Å². The van der Waals surface area contributed by atoms with Crippen molar-refractivity contribution < 1.29 is 17.9 Å². The Morgan fingerprint density at radius 1 is 1.40 bits per heavy atom. The van der Waals surface area contributed by atoms with E-state index in [9.17, 15) is 13.2 Å². The molecule has 0 aromatic rings. The van der Waals surface area contributed by atoms with Crippen molar-refractivity contribution in [1.29, 1.82) is 0 Å². The van der Waals surface area contributed by atoms with Crippen molar-refractivity contribution in [2.45, 2.75) is 49.5 Å². The molecule has 0 bridgehead atoms. The standard InChI is InChI=1S/C13H26N2O4S/c1-15(13(16)8-10(9-14)19-2)11-6-4-5-7-12(11)20(3,17)18/h10-12H,4-9,14H2,1-3H3. The van der Waals surface area contributed by atoms with Crippen molar-refractivity contribution >= 4 is 15.7 Å². The number of rotatable bonds is 6. The molecule has 0 radical (unpaired) electrons. The van der Waals surface area contributed by atoms with Crippen molar-refractivity contribution in [3.63, 3.8) is 0 Å². The summed E-state index contributed by atoms with van der Waals surface area (Å²) in [4.78, 5) is 13.8. The molecule has 0 aliphatic heterocycles. The minimum atomic E-state index is -3.14. The quantitative estimate of drug-likeness (QED) is 0.755. The van der Waals surface area contributed by atoms with Crippen molar-refractivity contribution in [3.8, 4) is 0 Å². The van der Waals surface area contributed by atoms with Gasteiger partial charge in [0, 0.05) is 33.0 Å². The Kier molecular flexibility index (Phi) is 6.42. The van der Waals surface area contributed by atoms with Crippen LogP contribution in [0.3, 0.4) is 0 Å². The average Bonchev–Trinajstić information content (AvgIpc) is 2.42. The van der Waals surface area contributed by atoms with Gasteiger partial charge >= 0.3 is 0 Å². The number of hydrogen-bond donors (Lipinski definition) is 1. The number of carbonyl (C=O) groups is 1. The largest absolute Gasteiger partial charge is 0.380 e. The lowest BCUT2D eigenvalue weighted by Gasteiger charge is -2.37. The van der Waals surface area contributed by atoms with Gasteiger partial charge in [0.05, 0.1) is 17.8 Å². The molecule has 20 heavy (non-hydrogen) atoms. The van der Waals surface area contributed by atoms with E-state index in [-0.39, 0.29) is 31.0 Å². The molecule has 3 unspecified atom stereocenters. The van der Waals surface area contributed by atoms with E-state index in [1.54, 1.807) is 11.9 Å². The van der Waals surface area contributed by atoms with Crippen LogP contribution in [0.15, 0.2) is 0 Å². The molecular formula is C13H26N2O4S. The molecule has 1 aliphatic carbocycles. The lowest BCUT2D eigenvalue weighted by Crippen LogP contribution is -2.50. The smallest absolute Gasteiger partial charge is 0.225 e. The number of nitrogens with zero attached hydrogens (tertiary/aromatic N) is 1. The Morgan fingerprint density at radius 3 is 2.50 bits per heavy atom. The number of ether oxygens (including phenoxy) is 1. The van der Waals surface area contributed by atoms with E-state index in [0.29, 0.717) is 6.42 Å². The second kappa shape index (κ2) is 7.38. The number of carbonyl (C=O) groups excluding carboxylic acids is 1. The fraction of sp³-hybridized carbons (Fsp3) is 0.923. The highest BCUT2D eigenvalue weighted by Crippen LogP contribution is 2.27. The summed E-state index contributed by atoms with van der Waals surface area (Å²) in [6, 6.07) is -0.235. The maximum absolute atomic E-state index is 12.2. The van der Waals surface area contributed by atoms with Crippen LogP contribution in [0.5, 0.6) is 0 Å². The molecule has 2 N–H and O–H groups in total. The van der Waals surface area contributed by atoms with Crippen LogP contribution < -0.4 is 5.73 Å². The van der Waals surface area contributed by atoms with E-state index >= 15 is 0 Å². The van der Waals surface area contributed by atoms with Gasteiger partial charge in [0.15, 0.2) is 9.84 Å². The van der Waals surface area contributed by atoms with E-state index in [1.165, 1.54) is 13.4 Å². The first-order valence-electron chi connectivity index (χ1n) is 6.98. The fourth-order valence-electron chi connectivity index (χ4n) is 2.81. The van der Waals surface area contributed by atoms with Crippen LogP contribution in [0.4, 0.5) is 0 Å². The van der Waals surface area contributed by atoms with Crippen molar-refractivity contribution in [2.75, 3.05) is 27.0 Å². The normalized spacial score (nSPS) is 25.2. The molecule has 1 fully saturated rings. The Bertz CT molecular complexity index is 420. The molecule has 0 heterocycles. The monoisotopic (exact) mass is 306 g/mol. The topological polar surface area (TPSA) is 89.7 Å². The minimum Gasteiger partial charge on any atom is -0.380 e. The summed E-state index contributed by atoms with van der Waals surface area (Å²) in [5.74, 6) is -0.108. The van der Waals surface area contributed by atoms with Crippen LogP contribution >= 0.6 is 0 Å². The van der Waals surface area contributed by atoms with Crippen LogP contribution in [0.1, 0.15) is 32.1 Å². The van der Waals surface area contributed by atoms with Crippen molar-refractivity contribution in [1.82, 2.24) is 4.90 Å². The fourth-order valence-corrected chi connectivity index (χ4v) is 4.29. The van der Waals surface area contributed by atoms with Gasteiger partial charge in [0.2, 0.25) is 5.91 Å². The van der Waals surface area contributed by atoms with Crippen LogP contribution in [0, 0.1) is 0 Å². The maximum Gasteiger partial charge on any atom is 0.225 e. The van der Waals surface area contributed by atoms with Crippen LogP contribution in [-0.2, 0) is 19.4 Å². The molecule has 0 aromatic heterocycles. The molecule has 118 valence electrons. The first-order chi connectivity index (χ1) is 9.31. The van der Waals surface area contributed by atoms with Gasteiger partial charge < -0.3 is 15.4 Å². The van der Waals surface area contributed by atoms with Crippen LogP contribution in [0.25, 0.3) is 0 Å². The minimum absolute atomic E-state index is 0.108. The first kappa shape index (κ1) is 17.4. The summed E-state index contributed by atoms with van der Waals surface area (Å²) in [5.41, 5.74) is 5.52. The van der Waals surface area contributed by atoms with Gasteiger partial charge in [-0.3, -0.25) is 4.79 Å². The third kappa shape index (κ3) is 4.43. The lowest BCUT2D eigenvalue weighted by atomic mass is 9.93. The summed E-state index contributed by atoms with van der Waals surface area (Å²) < 4.78 is 28.9. The highest BCUT2D eigenvalue weighted by molar-refractivity contribution is 7.91. The average molecular weight is 306 g/mol. The number of methoxy groups -OCH3 is 1. The molecule has 1 aliphatic rings. The number of sulfone groups is 1. The van der Waals surface area contributed by atoms with Gasteiger partial charge in [-0.25, -0.2) is 8.42 Å². The van der Waals surface area contributed by atoms with E-state index in [1.807, 2.05) is 0 Å². The Hall–Kier alpha value is -0.660. The lowest BCUT2D eigenvalue weighted by molar-refractivity contribution is -0.134. The van der Waals surface area contributed by atoms with Gasteiger partial charge in [0.1, 0.15) is 0 Å². The number of nitrogens with two attached hydrogens (primary N) is 1. The molecule has 0 spiro atoms. The Morgan fingerprint density at radius 2 is 2.00 bits per heavy atom. The van der Waals surface area contributed by atoms with Crippen molar-refractivity contribution in [2.24, 2.45) is 5.73 Å². The van der Waals surface area contributed by atoms with Crippen LogP contribution in [0.2, 0.25) is 0 Å². The van der Waals surface area contributed by atoms with E-state index in [2.05, 4.69) is 0 Å². The van der Waals surface area contributed by atoms with E-state index < -0.39 is 15.1 Å². The summed E-state index contributed by atoms with van der Waals surface area (Å²) in [6.45, 7) is 0.274. The highest BCUT2D eigenvalue weighted by atomic mass is 32.2. The summed E-state index contributed by atoms with van der Waals surface area (Å²) in [5, 5.41) is -0.455. The number of hydrogen-bond acceptors (Lipinski definition) is 5. The predicted molar refractivity (Wildman–Crippen MR) is 78.1 cm³/mol. The third-order valence-electron chi connectivity index (χ3n) is 4.11. The first-order valence-corrected chi connectivity index (χ1v) is 8.94. The third-order valence-corrected chi connectivity index (χ3v) is 5.76. The summed E-state index contributed by atoms with van der Waals surface area (Å²) >= 11 is 0. The van der Waals surface area contributed by atoms with Gasteiger partial charge in [-0.2, -0.15) is 0 Å². The molecule has 1 rings (SSSR count). The molecule has 0 aromatic carbocycles. The van der Waals surface area contributed by atoms with Gasteiger partial charge in [0.25, 0.3) is 0 Å². The van der Waals surface area contributed by atoms with Crippen molar-refractivity contribution in [3.05, 3.63) is 0 Å². The summed E-state index contributed by atoms with van der Waals surface area (Å²) in [6.07, 6.45) is 4.36.